The van der Waals surface area contributed by atoms with E-state index in [1.807, 2.05) is 0 Å². The Morgan fingerprint density at radius 2 is 1.39 bits per heavy atom. The first kappa shape index (κ1) is 12.7. The van der Waals surface area contributed by atoms with Gasteiger partial charge in [-0.1, -0.05) is 0 Å². The van der Waals surface area contributed by atoms with E-state index in [4.69, 9.17) is 0 Å². The van der Waals surface area contributed by atoms with E-state index < -0.39 is 40.7 Å². The van der Waals surface area contributed by atoms with Crippen LogP contribution >= 0.6 is 0 Å². The fraction of sp³-hybridized carbons (Fsp3) is 0.300. The van der Waals surface area contributed by atoms with E-state index in [9.17, 15) is 26.7 Å². The molecule has 3 nitrogen and oxygen atoms in total. The topological polar surface area (TPSA) is 32.3 Å². The molecule has 1 saturated heterocycles. The number of piperazine rings is 1. The van der Waals surface area contributed by atoms with Crippen LogP contribution in [0.4, 0.5) is 27.6 Å². The molecular formula is C10H7F5N2O. The molecule has 1 fully saturated rings. The highest BCUT2D eigenvalue weighted by Crippen LogP contribution is 2.30. The molecule has 1 N–H and O–H groups in total. The van der Waals surface area contributed by atoms with Crippen LogP contribution in [0.1, 0.15) is 0 Å². The van der Waals surface area contributed by atoms with Gasteiger partial charge < -0.3 is 10.2 Å². The van der Waals surface area contributed by atoms with E-state index >= 15 is 0 Å². The molecule has 0 radical (unpaired) electrons. The summed E-state index contributed by atoms with van der Waals surface area (Å²) in [5.74, 6) is -11.1. The van der Waals surface area contributed by atoms with Crippen molar-refractivity contribution in [1.82, 2.24) is 5.32 Å². The van der Waals surface area contributed by atoms with Gasteiger partial charge in [0.2, 0.25) is 11.7 Å². The second kappa shape index (κ2) is 4.52. The molecule has 2 rings (SSSR count). The summed E-state index contributed by atoms with van der Waals surface area (Å²) in [6, 6.07) is 0. The number of amides is 1. The highest BCUT2D eigenvalue weighted by atomic mass is 19.2. The van der Waals surface area contributed by atoms with Crippen LogP contribution in [-0.4, -0.2) is 25.5 Å². The van der Waals surface area contributed by atoms with Gasteiger partial charge in [-0.15, -0.1) is 0 Å². The Morgan fingerprint density at radius 1 is 0.889 bits per heavy atom. The Labute approximate surface area is 98.2 Å². The number of nitrogens with one attached hydrogen (secondary N) is 1. The van der Waals surface area contributed by atoms with Gasteiger partial charge in [-0.3, -0.25) is 4.79 Å². The molecule has 1 heterocycles. The van der Waals surface area contributed by atoms with E-state index in [1.54, 1.807) is 0 Å². The summed E-state index contributed by atoms with van der Waals surface area (Å²) < 4.78 is 65.6. The van der Waals surface area contributed by atoms with Crippen molar-refractivity contribution in [1.29, 1.82) is 0 Å². The minimum Gasteiger partial charge on any atom is -0.307 e. The van der Waals surface area contributed by atoms with Crippen molar-refractivity contribution in [3.8, 4) is 0 Å². The maximum atomic E-state index is 13.4. The van der Waals surface area contributed by atoms with Crippen molar-refractivity contribution in [3.05, 3.63) is 29.1 Å². The van der Waals surface area contributed by atoms with E-state index in [1.165, 1.54) is 0 Å². The number of hydrogen-bond acceptors (Lipinski definition) is 2. The lowest BCUT2D eigenvalue weighted by atomic mass is 10.2. The van der Waals surface area contributed by atoms with E-state index in [2.05, 4.69) is 5.32 Å². The predicted molar refractivity (Wildman–Crippen MR) is 51.5 cm³/mol. The summed E-state index contributed by atoms with van der Waals surface area (Å²) in [4.78, 5) is 11.9. The molecule has 0 spiro atoms. The molecule has 1 aliphatic heterocycles. The molecule has 1 aromatic carbocycles. The SMILES string of the molecule is O=C1CNCCN1c1c(F)c(F)c(F)c(F)c1F. The van der Waals surface area contributed by atoms with Gasteiger partial charge in [0, 0.05) is 13.1 Å². The third kappa shape index (κ3) is 1.82. The third-order valence-electron chi connectivity index (χ3n) is 2.55. The molecule has 0 bridgehead atoms. The summed E-state index contributed by atoms with van der Waals surface area (Å²) >= 11 is 0. The molecule has 98 valence electrons. The van der Waals surface area contributed by atoms with Crippen molar-refractivity contribution in [2.75, 3.05) is 24.5 Å². The molecule has 0 aliphatic carbocycles. The van der Waals surface area contributed by atoms with E-state index in [-0.39, 0.29) is 19.6 Å². The maximum absolute atomic E-state index is 13.4. The van der Waals surface area contributed by atoms with Crippen LogP contribution in [0.5, 0.6) is 0 Å². The first-order chi connectivity index (χ1) is 8.45. The Hall–Kier alpha value is -1.70. The van der Waals surface area contributed by atoms with Crippen molar-refractivity contribution in [2.24, 2.45) is 0 Å². The van der Waals surface area contributed by atoms with Crippen LogP contribution in [0, 0.1) is 29.1 Å². The van der Waals surface area contributed by atoms with Crippen LogP contribution in [0.15, 0.2) is 0 Å². The summed E-state index contributed by atoms with van der Waals surface area (Å²) in [6.45, 7) is -0.193. The van der Waals surface area contributed by atoms with E-state index in [0.717, 1.165) is 0 Å². The molecule has 1 aliphatic rings. The standard InChI is InChI=1S/C10H7F5N2O/c11-5-6(12)8(14)10(9(15)7(5)13)17-2-1-16-3-4(17)18/h16H,1-3H2. The van der Waals surface area contributed by atoms with Gasteiger partial charge in [-0.25, -0.2) is 22.0 Å². The average molecular weight is 266 g/mol. The number of anilines is 1. The molecule has 0 aromatic heterocycles. The minimum absolute atomic E-state index is 0.169. The Bertz CT molecular complexity index is 490. The zero-order valence-corrected chi connectivity index (χ0v) is 8.87. The lowest BCUT2D eigenvalue weighted by molar-refractivity contribution is -0.118. The zero-order chi connectivity index (χ0) is 13.4. The molecule has 8 heteroatoms. The molecule has 1 amide bonds. The summed E-state index contributed by atoms with van der Waals surface area (Å²) in [5, 5.41) is 2.62. The second-order valence-electron chi connectivity index (χ2n) is 3.64. The zero-order valence-electron chi connectivity index (χ0n) is 8.87. The van der Waals surface area contributed by atoms with Crippen molar-refractivity contribution < 1.29 is 26.7 Å². The van der Waals surface area contributed by atoms with Crippen LogP contribution in [-0.2, 0) is 4.79 Å². The Balaban J connectivity index is 2.60. The maximum Gasteiger partial charge on any atom is 0.241 e. The fourth-order valence-corrected chi connectivity index (χ4v) is 1.67. The number of hydrogen-bond donors (Lipinski definition) is 1. The van der Waals surface area contributed by atoms with Crippen molar-refractivity contribution in [3.63, 3.8) is 0 Å². The molecular weight excluding hydrogens is 259 g/mol. The average Bonchev–Trinajstić information content (AvgIpc) is 2.36. The van der Waals surface area contributed by atoms with Gasteiger partial charge in [0.05, 0.1) is 6.54 Å². The normalized spacial score (nSPS) is 16.3. The van der Waals surface area contributed by atoms with Gasteiger partial charge >= 0.3 is 0 Å². The monoisotopic (exact) mass is 266 g/mol. The van der Waals surface area contributed by atoms with Crippen molar-refractivity contribution >= 4 is 11.6 Å². The number of halogens is 5. The summed E-state index contributed by atoms with van der Waals surface area (Å²) in [6.07, 6.45) is 0. The van der Waals surface area contributed by atoms with Crippen LogP contribution in [0.25, 0.3) is 0 Å². The molecule has 1 aromatic rings. The molecule has 0 saturated carbocycles. The quantitative estimate of drug-likeness (QED) is 0.472. The largest absolute Gasteiger partial charge is 0.307 e. The number of rotatable bonds is 1. The van der Waals surface area contributed by atoms with E-state index in [0.29, 0.717) is 4.90 Å². The smallest absolute Gasteiger partial charge is 0.241 e. The van der Waals surface area contributed by atoms with Crippen LogP contribution in [0.2, 0.25) is 0 Å². The van der Waals surface area contributed by atoms with Gasteiger partial charge in [-0.05, 0) is 0 Å². The third-order valence-corrected chi connectivity index (χ3v) is 2.55. The summed E-state index contributed by atoms with van der Waals surface area (Å²) in [7, 11) is 0. The summed E-state index contributed by atoms with van der Waals surface area (Å²) in [5.41, 5.74) is -1.20. The predicted octanol–water partition coefficient (Wildman–Crippen LogP) is 1.32. The lowest BCUT2D eigenvalue weighted by Crippen LogP contribution is -2.49. The second-order valence-corrected chi connectivity index (χ2v) is 3.64. The van der Waals surface area contributed by atoms with Crippen molar-refractivity contribution in [2.45, 2.75) is 0 Å². The minimum atomic E-state index is -2.24. The van der Waals surface area contributed by atoms with Gasteiger partial charge in [0.25, 0.3) is 0 Å². The molecule has 0 unspecified atom stereocenters. The molecule has 0 atom stereocenters. The number of benzene rings is 1. The van der Waals surface area contributed by atoms with Gasteiger partial charge in [0.1, 0.15) is 5.69 Å². The first-order valence-electron chi connectivity index (χ1n) is 4.97. The number of carbonyl (C=O) groups is 1. The molecule has 18 heavy (non-hydrogen) atoms. The Morgan fingerprint density at radius 3 is 1.89 bits per heavy atom. The first-order valence-corrected chi connectivity index (χ1v) is 4.97. The van der Waals surface area contributed by atoms with Gasteiger partial charge in [0.15, 0.2) is 23.3 Å². The lowest BCUT2D eigenvalue weighted by Gasteiger charge is -2.28. The fourth-order valence-electron chi connectivity index (χ4n) is 1.67. The van der Waals surface area contributed by atoms with Crippen LogP contribution < -0.4 is 10.2 Å². The van der Waals surface area contributed by atoms with Gasteiger partial charge in [-0.2, -0.15) is 0 Å². The number of nitrogens with zero attached hydrogens (tertiary/aromatic N) is 1. The van der Waals surface area contributed by atoms with Crippen LogP contribution in [0.3, 0.4) is 0 Å². The number of carbonyl (C=O) groups excluding carboxylic acids is 1. The Kier molecular flexibility index (Phi) is 3.20. The highest BCUT2D eigenvalue weighted by Gasteiger charge is 2.32. The highest BCUT2D eigenvalue weighted by molar-refractivity contribution is 5.95.